The van der Waals surface area contributed by atoms with Gasteiger partial charge in [-0.2, -0.15) is 0 Å². The van der Waals surface area contributed by atoms with Crippen LogP contribution in [0.4, 0.5) is 4.39 Å². The Morgan fingerprint density at radius 2 is 2.11 bits per heavy atom. The number of hydrogen-bond acceptors (Lipinski definition) is 4. The van der Waals surface area contributed by atoms with E-state index in [9.17, 15) is 14.3 Å². The highest BCUT2D eigenvalue weighted by Crippen LogP contribution is 2.40. The molecule has 0 saturated carbocycles. The van der Waals surface area contributed by atoms with E-state index >= 15 is 0 Å². The average molecular weight is 320 g/mol. The van der Waals surface area contributed by atoms with E-state index in [1.165, 1.54) is 7.11 Å². The summed E-state index contributed by atoms with van der Waals surface area (Å²) in [7, 11) is 1.25. The molecule has 0 aliphatic heterocycles. The van der Waals surface area contributed by atoms with Gasteiger partial charge in [0.05, 0.1) is 17.0 Å². The van der Waals surface area contributed by atoms with Gasteiger partial charge in [0.25, 0.3) is 0 Å². The van der Waals surface area contributed by atoms with E-state index in [2.05, 4.69) is 20.7 Å². The first-order valence-corrected chi connectivity index (χ1v) is 6.03. The van der Waals surface area contributed by atoms with Crippen LogP contribution in [0.5, 0.6) is 5.75 Å². The average Bonchev–Trinajstić information content (AvgIpc) is 2.31. The third-order valence-corrected chi connectivity index (χ3v) is 3.49. The molecular formula is C12H15BrFNO3. The maximum Gasteiger partial charge on any atom is 0.313 e. The molecule has 0 bridgehead atoms. The van der Waals surface area contributed by atoms with Gasteiger partial charge in [-0.15, -0.1) is 0 Å². The molecule has 1 aromatic carbocycles. The lowest BCUT2D eigenvalue weighted by molar-refractivity contribution is -0.152. The minimum Gasteiger partial charge on any atom is -0.506 e. The van der Waals surface area contributed by atoms with Crippen LogP contribution in [-0.2, 0) is 9.53 Å². The third kappa shape index (κ3) is 2.64. The molecule has 0 heterocycles. The first kappa shape index (κ1) is 14.9. The predicted octanol–water partition coefficient (Wildman–Crippen LogP) is 2.49. The zero-order valence-corrected chi connectivity index (χ0v) is 11.9. The van der Waals surface area contributed by atoms with Crippen molar-refractivity contribution in [1.82, 2.24) is 0 Å². The fourth-order valence-corrected chi connectivity index (χ4v) is 2.05. The highest BCUT2D eigenvalue weighted by atomic mass is 79.9. The van der Waals surface area contributed by atoms with Crippen molar-refractivity contribution in [1.29, 1.82) is 0 Å². The van der Waals surface area contributed by atoms with Crippen LogP contribution < -0.4 is 5.73 Å². The summed E-state index contributed by atoms with van der Waals surface area (Å²) in [4.78, 5) is 11.6. The number of halogens is 2. The van der Waals surface area contributed by atoms with Crippen LogP contribution in [-0.4, -0.2) is 18.2 Å². The lowest BCUT2D eigenvalue weighted by Gasteiger charge is -2.29. The molecule has 0 aromatic heterocycles. The molecule has 0 radical (unpaired) electrons. The van der Waals surface area contributed by atoms with Gasteiger partial charge in [0.15, 0.2) is 0 Å². The topological polar surface area (TPSA) is 72.5 Å². The number of phenolic OH excluding ortho intramolecular Hbond substituents is 1. The SMILES string of the molecule is COC(=O)C(C)(C)[C@H](N)c1cc(F)cc(Br)c1O. The zero-order valence-electron chi connectivity index (χ0n) is 10.3. The maximum absolute atomic E-state index is 13.3. The maximum atomic E-state index is 13.3. The van der Waals surface area contributed by atoms with Gasteiger partial charge in [-0.25, -0.2) is 4.39 Å². The van der Waals surface area contributed by atoms with Gasteiger partial charge in [0.2, 0.25) is 0 Å². The van der Waals surface area contributed by atoms with Crippen LogP contribution in [0.25, 0.3) is 0 Å². The minimum absolute atomic E-state index is 0.150. The zero-order chi connectivity index (χ0) is 14.1. The molecule has 0 aliphatic rings. The summed E-state index contributed by atoms with van der Waals surface area (Å²) in [5, 5.41) is 9.86. The molecule has 4 nitrogen and oxygen atoms in total. The molecular weight excluding hydrogens is 305 g/mol. The minimum atomic E-state index is -1.08. The van der Waals surface area contributed by atoms with Crippen LogP contribution in [0, 0.1) is 11.2 Å². The Hall–Kier alpha value is -1.14. The van der Waals surface area contributed by atoms with E-state index in [0.717, 1.165) is 12.1 Å². The van der Waals surface area contributed by atoms with Gasteiger partial charge >= 0.3 is 5.97 Å². The molecule has 1 rings (SSSR count). The van der Waals surface area contributed by atoms with Crippen molar-refractivity contribution in [2.24, 2.45) is 11.1 Å². The smallest absolute Gasteiger partial charge is 0.313 e. The number of esters is 1. The Bertz CT molecular complexity index is 477. The number of ether oxygens (including phenoxy) is 1. The Morgan fingerprint density at radius 3 is 2.61 bits per heavy atom. The summed E-state index contributed by atoms with van der Waals surface area (Å²) in [6.45, 7) is 3.14. The normalized spacial score (nSPS) is 13.2. The van der Waals surface area contributed by atoms with Gasteiger partial charge < -0.3 is 15.6 Å². The van der Waals surface area contributed by atoms with Crippen molar-refractivity contribution in [3.8, 4) is 5.75 Å². The van der Waals surface area contributed by atoms with Crippen molar-refractivity contribution < 1.29 is 19.0 Å². The second-order valence-corrected chi connectivity index (χ2v) is 5.37. The molecule has 0 saturated heterocycles. The standard InChI is InChI=1S/C12H15BrFNO3/c1-12(2,11(17)18-3)10(15)7-4-6(14)5-8(13)9(7)16/h4-5,10,16H,15H2,1-3H3/t10-/m1/s1. The molecule has 1 aromatic rings. The predicted molar refractivity (Wildman–Crippen MR) is 68.5 cm³/mol. The van der Waals surface area contributed by atoms with E-state index in [1.807, 2.05) is 0 Å². The van der Waals surface area contributed by atoms with Crippen molar-refractivity contribution in [3.05, 3.63) is 28.0 Å². The summed E-state index contributed by atoms with van der Waals surface area (Å²) < 4.78 is 18.2. The molecule has 1 atom stereocenters. The molecule has 0 fully saturated rings. The van der Waals surface area contributed by atoms with Gasteiger partial charge in [0.1, 0.15) is 11.6 Å². The number of aromatic hydroxyl groups is 1. The van der Waals surface area contributed by atoms with E-state index in [-0.39, 0.29) is 15.8 Å². The number of carbonyl (C=O) groups is 1. The molecule has 0 aliphatic carbocycles. The highest BCUT2D eigenvalue weighted by Gasteiger charge is 2.38. The first-order valence-electron chi connectivity index (χ1n) is 5.23. The molecule has 100 valence electrons. The monoisotopic (exact) mass is 319 g/mol. The summed E-state index contributed by atoms with van der Waals surface area (Å²) in [6, 6.07) is 1.34. The lowest BCUT2D eigenvalue weighted by Crippen LogP contribution is -2.37. The third-order valence-electron chi connectivity index (χ3n) is 2.88. The van der Waals surface area contributed by atoms with Crippen LogP contribution in [0.2, 0.25) is 0 Å². The lowest BCUT2D eigenvalue weighted by atomic mass is 9.80. The molecule has 18 heavy (non-hydrogen) atoms. The van der Waals surface area contributed by atoms with Crippen LogP contribution >= 0.6 is 15.9 Å². The fourth-order valence-electron chi connectivity index (χ4n) is 1.60. The van der Waals surface area contributed by atoms with Gasteiger partial charge in [-0.05, 0) is 41.9 Å². The number of rotatable bonds is 3. The number of nitrogens with two attached hydrogens (primary N) is 1. The fraction of sp³-hybridized carbons (Fsp3) is 0.417. The summed E-state index contributed by atoms with van der Waals surface area (Å²) in [6.07, 6.45) is 0. The van der Waals surface area contributed by atoms with Crippen molar-refractivity contribution in [2.75, 3.05) is 7.11 Å². The van der Waals surface area contributed by atoms with Crippen molar-refractivity contribution in [2.45, 2.75) is 19.9 Å². The summed E-state index contributed by atoms with van der Waals surface area (Å²) in [5.41, 5.74) is 5.01. The quantitative estimate of drug-likeness (QED) is 0.839. The second-order valence-electron chi connectivity index (χ2n) is 4.52. The molecule has 0 amide bonds. The molecule has 0 unspecified atom stereocenters. The van der Waals surface area contributed by atoms with Gasteiger partial charge in [-0.3, -0.25) is 4.79 Å². The highest BCUT2D eigenvalue weighted by molar-refractivity contribution is 9.10. The van der Waals surface area contributed by atoms with E-state index in [0.29, 0.717) is 0 Å². The second kappa shape index (κ2) is 5.24. The summed E-state index contributed by atoms with van der Waals surface area (Å²) >= 11 is 3.02. The first-order chi connectivity index (χ1) is 8.21. The number of methoxy groups -OCH3 is 1. The largest absolute Gasteiger partial charge is 0.506 e. The van der Waals surface area contributed by atoms with Gasteiger partial charge in [-0.1, -0.05) is 0 Å². The summed E-state index contributed by atoms with van der Waals surface area (Å²) in [5.74, 6) is -1.26. The van der Waals surface area contributed by atoms with Crippen LogP contribution in [0.3, 0.4) is 0 Å². The Balaban J connectivity index is 3.26. The Labute approximate surface area is 113 Å². The van der Waals surface area contributed by atoms with Crippen LogP contribution in [0.1, 0.15) is 25.5 Å². The van der Waals surface area contributed by atoms with Crippen molar-refractivity contribution in [3.63, 3.8) is 0 Å². The van der Waals surface area contributed by atoms with E-state index < -0.39 is 23.2 Å². The molecule has 6 heteroatoms. The molecule has 0 spiro atoms. The van der Waals surface area contributed by atoms with Crippen molar-refractivity contribution >= 4 is 21.9 Å². The number of benzene rings is 1. The van der Waals surface area contributed by atoms with E-state index in [4.69, 9.17) is 5.73 Å². The van der Waals surface area contributed by atoms with Crippen LogP contribution in [0.15, 0.2) is 16.6 Å². The molecule has 3 N–H and O–H groups in total. The Kier molecular flexibility index (Phi) is 4.34. The number of phenols is 1. The van der Waals surface area contributed by atoms with E-state index in [1.54, 1.807) is 13.8 Å². The number of carbonyl (C=O) groups excluding carboxylic acids is 1. The van der Waals surface area contributed by atoms with Gasteiger partial charge in [0, 0.05) is 11.6 Å². The number of hydrogen-bond donors (Lipinski definition) is 2. The Morgan fingerprint density at radius 1 is 1.56 bits per heavy atom.